The molecule has 3 atom stereocenters. The number of carbonyl (C=O) groups excluding carboxylic acids is 1. The Morgan fingerprint density at radius 3 is 2.25 bits per heavy atom. The average Bonchev–Trinajstić information content (AvgIpc) is 2.71. The lowest BCUT2D eigenvalue weighted by molar-refractivity contribution is -0.154. The van der Waals surface area contributed by atoms with Crippen LogP contribution in [0.3, 0.4) is 0 Å². The van der Waals surface area contributed by atoms with Gasteiger partial charge in [0.1, 0.15) is 5.60 Å². The summed E-state index contributed by atoms with van der Waals surface area (Å²) in [5, 5.41) is 19.2. The number of carboxylic acid groups (broad SMARTS) is 1. The Bertz CT molecular complexity index is 388. The molecular formula is C14H25NO5. The van der Waals surface area contributed by atoms with Crippen molar-refractivity contribution in [1.29, 1.82) is 0 Å². The molecule has 6 nitrogen and oxygen atoms in total. The molecule has 116 valence electrons. The van der Waals surface area contributed by atoms with Gasteiger partial charge in [0.25, 0.3) is 0 Å². The van der Waals surface area contributed by atoms with Gasteiger partial charge in [-0.2, -0.15) is 0 Å². The Morgan fingerprint density at radius 2 is 1.85 bits per heavy atom. The SMILES string of the molecule is CC(O)C(C)C1(C(=O)O)CCN(C(=O)OC(C)(C)C)C1. The van der Waals surface area contributed by atoms with E-state index < -0.39 is 35.1 Å². The molecule has 0 bridgehead atoms. The van der Waals surface area contributed by atoms with Gasteiger partial charge in [-0.05, 0) is 40.0 Å². The van der Waals surface area contributed by atoms with Crippen molar-refractivity contribution >= 4 is 12.1 Å². The van der Waals surface area contributed by atoms with E-state index in [2.05, 4.69) is 0 Å². The predicted molar refractivity (Wildman–Crippen MR) is 73.3 cm³/mol. The lowest BCUT2D eigenvalue weighted by Crippen LogP contribution is -2.45. The number of hydrogen-bond donors (Lipinski definition) is 2. The minimum atomic E-state index is -1.11. The van der Waals surface area contributed by atoms with E-state index in [1.807, 2.05) is 0 Å². The third-order valence-electron chi connectivity index (χ3n) is 3.97. The summed E-state index contributed by atoms with van der Waals surface area (Å²) < 4.78 is 5.27. The number of carboxylic acids is 1. The minimum absolute atomic E-state index is 0.0727. The van der Waals surface area contributed by atoms with Crippen LogP contribution in [0.1, 0.15) is 41.0 Å². The first-order chi connectivity index (χ1) is 8.99. The molecule has 3 unspecified atom stereocenters. The number of nitrogens with zero attached hydrogens (tertiary/aromatic N) is 1. The van der Waals surface area contributed by atoms with Gasteiger partial charge in [-0.25, -0.2) is 4.79 Å². The number of ether oxygens (including phenoxy) is 1. The van der Waals surface area contributed by atoms with E-state index in [1.54, 1.807) is 34.6 Å². The second kappa shape index (κ2) is 5.60. The Kier molecular flexibility index (Phi) is 4.69. The van der Waals surface area contributed by atoms with Crippen LogP contribution in [0.4, 0.5) is 4.79 Å². The Balaban J connectivity index is 2.86. The second-order valence-corrected chi connectivity index (χ2v) is 6.64. The number of rotatable bonds is 3. The summed E-state index contributed by atoms with van der Waals surface area (Å²) >= 11 is 0. The quantitative estimate of drug-likeness (QED) is 0.825. The van der Waals surface area contributed by atoms with Gasteiger partial charge in [0.05, 0.1) is 11.5 Å². The fourth-order valence-electron chi connectivity index (χ4n) is 2.52. The van der Waals surface area contributed by atoms with Crippen molar-refractivity contribution < 1.29 is 24.5 Å². The summed E-state index contributed by atoms with van der Waals surface area (Å²) in [5.41, 5.74) is -1.72. The van der Waals surface area contributed by atoms with Crippen LogP contribution in [-0.4, -0.2) is 52.0 Å². The highest BCUT2D eigenvalue weighted by Crippen LogP contribution is 2.40. The molecule has 20 heavy (non-hydrogen) atoms. The maximum absolute atomic E-state index is 12.0. The molecule has 0 aliphatic carbocycles. The summed E-state index contributed by atoms with van der Waals surface area (Å²) in [4.78, 5) is 25.1. The van der Waals surface area contributed by atoms with Gasteiger partial charge < -0.3 is 19.8 Å². The first kappa shape index (κ1) is 16.8. The van der Waals surface area contributed by atoms with Crippen molar-refractivity contribution in [3.8, 4) is 0 Å². The number of carbonyl (C=O) groups is 2. The minimum Gasteiger partial charge on any atom is -0.481 e. The molecule has 0 saturated carbocycles. The van der Waals surface area contributed by atoms with E-state index in [0.717, 1.165) is 0 Å². The third kappa shape index (κ3) is 3.42. The Morgan fingerprint density at radius 1 is 1.30 bits per heavy atom. The van der Waals surface area contributed by atoms with E-state index in [0.29, 0.717) is 13.0 Å². The van der Waals surface area contributed by atoms with Crippen molar-refractivity contribution in [3.05, 3.63) is 0 Å². The van der Waals surface area contributed by atoms with E-state index >= 15 is 0 Å². The zero-order valence-corrected chi connectivity index (χ0v) is 12.8. The van der Waals surface area contributed by atoms with Crippen LogP contribution < -0.4 is 0 Å². The molecular weight excluding hydrogens is 262 g/mol. The first-order valence-electron chi connectivity index (χ1n) is 6.89. The maximum atomic E-state index is 12.0. The standard InChI is InChI=1S/C14H25NO5/c1-9(10(2)16)14(11(17)18)6-7-15(8-14)12(19)20-13(3,4)5/h9-10,16H,6-8H2,1-5H3,(H,17,18). The number of amides is 1. The van der Waals surface area contributed by atoms with E-state index in [-0.39, 0.29) is 6.54 Å². The fourth-order valence-corrected chi connectivity index (χ4v) is 2.52. The van der Waals surface area contributed by atoms with Gasteiger partial charge in [-0.3, -0.25) is 4.79 Å². The molecule has 1 fully saturated rings. The summed E-state index contributed by atoms with van der Waals surface area (Å²) in [6, 6.07) is 0. The van der Waals surface area contributed by atoms with Crippen molar-refractivity contribution in [2.45, 2.75) is 52.7 Å². The summed E-state index contributed by atoms with van der Waals surface area (Å²) in [7, 11) is 0. The Labute approximate surface area is 119 Å². The van der Waals surface area contributed by atoms with Gasteiger partial charge in [-0.1, -0.05) is 6.92 Å². The first-order valence-corrected chi connectivity index (χ1v) is 6.89. The molecule has 1 aliphatic heterocycles. The molecule has 0 radical (unpaired) electrons. The molecule has 0 aromatic heterocycles. The molecule has 0 aromatic carbocycles. The lowest BCUT2D eigenvalue weighted by atomic mass is 9.73. The number of aliphatic carboxylic acids is 1. The monoisotopic (exact) mass is 287 g/mol. The van der Waals surface area contributed by atoms with Crippen LogP contribution in [-0.2, 0) is 9.53 Å². The van der Waals surface area contributed by atoms with Crippen LogP contribution in [0.25, 0.3) is 0 Å². The van der Waals surface area contributed by atoms with Gasteiger partial charge in [0.15, 0.2) is 0 Å². The van der Waals surface area contributed by atoms with Gasteiger partial charge >= 0.3 is 12.1 Å². The maximum Gasteiger partial charge on any atom is 0.410 e. The van der Waals surface area contributed by atoms with Crippen molar-refractivity contribution in [1.82, 2.24) is 4.90 Å². The van der Waals surface area contributed by atoms with Crippen molar-refractivity contribution in [3.63, 3.8) is 0 Å². The normalized spacial score (nSPS) is 26.2. The van der Waals surface area contributed by atoms with Crippen LogP contribution >= 0.6 is 0 Å². The highest BCUT2D eigenvalue weighted by atomic mass is 16.6. The summed E-state index contributed by atoms with van der Waals surface area (Å²) in [5.74, 6) is -1.41. The smallest absolute Gasteiger partial charge is 0.410 e. The van der Waals surface area contributed by atoms with Gasteiger partial charge in [0, 0.05) is 13.1 Å². The number of hydrogen-bond acceptors (Lipinski definition) is 4. The van der Waals surface area contributed by atoms with Gasteiger partial charge in [-0.15, -0.1) is 0 Å². The zero-order valence-electron chi connectivity index (χ0n) is 12.8. The molecule has 1 rings (SSSR count). The number of aliphatic hydroxyl groups is 1. The van der Waals surface area contributed by atoms with Crippen LogP contribution in [0.15, 0.2) is 0 Å². The van der Waals surface area contributed by atoms with Crippen molar-refractivity contribution in [2.24, 2.45) is 11.3 Å². The molecule has 1 aliphatic rings. The Hall–Kier alpha value is -1.30. The molecule has 1 amide bonds. The highest BCUT2D eigenvalue weighted by Gasteiger charge is 2.51. The molecule has 2 N–H and O–H groups in total. The average molecular weight is 287 g/mol. The molecule has 1 heterocycles. The third-order valence-corrected chi connectivity index (χ3v) is 3.97. The number of likely N-dealkylation sites (tertiary alicyclic amines) is 1. The summed E-state index contributed by atoms with van der Waals surface area (Å²) in [6.45, 7) is 8.99. The second-order valence-electron chi connectivity index (χ2n) is 6.64. The highest BCUT2D eigenvalue weighted by molar-refractivity contribution is 5.78. The topological polar surface area (TPSA) is 87.1 Å². The summed E-state index contributed by atoms with van der Waals surface area (Å²) in [6.07, 6.45) is -0.920. The van der Waals surface area contributed by atoms with Crippen LogP contribution in [0, 0.1) is 11.3 Å². The molecule has 6 heteroatoms. The zero-order chi connectivity index (χ0) is 15.7. The van der Waals surface area contributed by atoms with E-state index in [1.165, 1.54) is 4.90 Å². The molecule has 1 saturated heterocycles. The lowest BCUT2D eigenvalue weighted by Gasteiger charge is -2.33. The van der Waals surface area contributed by atoms with Crippen LogP contribution in [0.2, 0.25) is 0 Å². The van der Waals surface area contributed by atoms with Crippen molar-refractivity contribution in [2.75, 3.05) is 13.1 Å². The largest absolute Gasteiger partial charge is 0.481 e. The predicted octanol–water partition coefficient (Wildman–Crippen LogP) is 1.72. The molecule has 0 aromatic rings. The van der Waals surface area contributed by atoms with Crippen LogP contribution in [0.5, 0.6) is 0 Å². The van der Waals surface area contributed by atoms with E-state index in [9.17, 15) is 19.8 Å². The molecule has 0 spiro atoms. The number of aliphatic hydroxyl groups excluding tert-OH is 1. The van der Waals surface area contributed by atoms with E-state index in [4.69, 9.17) is 4.74 Å². The van der Waals surface area contributed by atoms with Gasteiger partial charge in [0.2, 0.25) is 0 Å². The fraction of sp³-hybridized carbons (Fsp3) is 0.857.